The monoisotopic (exact) mass is 178 g/mol. The van der Waals surface area contributed by atoms with E-state index < -0.39 is 20.6 Å². The third-order valence-corrected chi connectivity index (χ3v) is 1.07. The van der Waals surface area contributed by atoms with Crippen molar-refractivity contribution in [1.82, 2.24) is 0 Å². The lowest BCUT2D eigenvalue weighted by atomic mass is 10.6. The predicted molar refractivity (Wildman–Crippen MR) is 37.0 cm³/mol. The minimum absolute atomic E-state index is 0.929. The van der Waals surface area contributed by atoms with Crippen molar-refractivity contribution in [2.24, 2.45) is 0 Å². The average molecular weight is 178 g/mol. The van der Waals surface area contributed by atoms with Crippen LogP contribution in [0.4, 0.5) is 0 Å². The van der Waals surface area contributed by atoms with Crippen LogP contribution in [0.15, 0.2) is 12.2 Å². The Kier molecular flexibility index (Phi) is 4.28. The van der Waals surface area contributed by atoms with Crippen LogP contribution in [0.2, 0.25) is 0 Å². The Morgan fingerprint density at radius 2 is 1.10 bits per heavy atom. The lowest BCUT2D eigenvalue weighted by Crippen LogP contribution is -1.59. The Morgan fingerprint density at radius 1 is 0.800 bits per heavy atom. The molecule has 0 atom stereocenters. The van der Waals surface area contributed by atoms with Crippen molar-refractivity contribution in [2.45, 2.75) is 0 Å². The number of hydrogen-bond donors (Lipinski definition) is 0. The molecule has 0 saturated carbocycles. The van der Waals surface area contributed by atoms with Gasteiger partial charge in [0.05, 0.1) is 0 Å². The van der Waals surface area contributed by atoms with Crippen LogP contribution >= 0.6 is 0 Å². The van der Waals surface area contributed by atoms with Crippen LogP contribution in [0.5, 0.6) is 0 Å². The molecule has 0 N–H and O–H groups in total. The highest BCUT2D eigenvalue weighted by atomic mass is 32.2. The summed E-state index contributed by atoms with van der Waals surface area (Å²) in [6, 6.07) is 0. The molecule has 10 heavy (non-hydrogen) atoms. The van der Waals surface area contributed by atoms with Crippen molar-refractivity contribution in [3.63, 3.8) is 0 Å². The summed E-state index contributed by atoms with van der Waals surface area (Å²) in [7, 11) is -4.82. The Bertz CT molecular complexity index is 364. The molecule has 6 heteroatoms. The van der Waals surface area contributed by atoms with Gasteiger partial charge in [-0.15, -0.1) is 0 Å². The first-order valence-electron chi connectivity index (χ1n) is 1.99. The Morgan fingerprint density at radius 3 is 1.30 bits per heavy atom. The molecular formula is C4H2O4S2. The standard InChI is InChI=1S/C4H2O4S2/c5-9(6)3-1-2-4-10(7)8/h1-2H. The molecule has 0 aromatic carbocycles. The van der Waals surface area contributed by atoms with E-state index in [1.807, 2.05) is 0 Å². The van der Waals surface area contributed by atoms with Crippen molar-refractivity contribution < 1.29 is 16.8 Å². The van der Waals surface area contributed by atoms with Gasteiger partial charge in [-0.2, -0.15) is 16.8 Å². The molecule has 0 aliphatic rings. The highest BCUT2D eigenvalue weighted by molar-refractivity contribution is 7.71. The van der Waals surface area contributed by atoms with Crippen LogP contribution in [0.25, 0.3) is 0 Å². The smallest absolute Gasteiger partial charge is 0.176 e. The second-order valence-corrected chi connectivity index (χ2v) is 2.45. The zero-order valence-corrected chi connectivity index (χ0v) is 6.24. The predicted octanol–water partition coefficient (Wildman–Crippen LogP) is -1.34. The zero-order chi connectivity index (χ0) is 7.98. The molecule has 0 aliphatic heterocycles. The minimum Gasteiger partial charge on any atom is -0.176 e. The van der Waals surface area contributed by atoms with E-state index in [1.54, 1.807) is 10.0 Å². The maximum Gasteiger partial charge on any atom is 0.260 e. The van der Waals surface area contributed by atoms with Gasteiger partial charge in [-0.05, 0) is 0 Å². The van der Waals surface area contributed by atoms with Gasteiger partial charge in [-0.3, -0.25) is 0 Å². The van der Waals surface area contributed by atoms with Crippen LogP contribution in [-0.4, -0.2) is 26.9 Å². The molecular weight excluding hydrogens is 176 g/mol. The molecule has 0 aromatic heterocycles. The van der Waals surface area contributed by atoms with E-state index in [9.17, 15) is 16.8 Å². The quantitative estimate of drug-likeness (QED) is 0.368. The number of hydrogen-bond acceptors (Lipinski definition) is 4. The van der Waals surface area contributed by atoms with Crippen LogP contribution in [-0.2, 0) is 20.6 Å². The van der Waals surface area contributed by atoms with Crippen LogP contribution in [0.1, 0.15) is 0 Å². The van der Waals surface area contributed by atoms with E-state index in [4.69, 9.17) is 0 Å². The lowest BCUT2D eigenvalue weighted by Gasteiger charge is -1.49. The number of rotatable bonds is 1. The second kappa shape index (κ2) is 4.78. The molecule has 54 valence electrons. The van der Waals surface area contributed by atoms with Gasteiger partial charge in [-0.1, -0.05) is 0 Å². The number of allylic oxidation sites excluding steroid dienone is 2. The topological polar surface area (TPSA) is 68.3 Å². The molecule has 0 aliphatic carbocycles. The lowest BCUT2D eigenvalue weighted by molar-refractivity contribution is 0.626. The fourth-order valence-corrected chi connectivity index (χ4v) is 0.537. The van der Waals surface area contributed by atoms with Gasteiger partial charge in [0.2, 0.25) is 0 Å². The molecule has 0 heterocycles. The third kappa shape index (κ3) is 6.94. The van der Waals surface area contributed by atoms with Crippen molar-refractivity contribution in [3.8, 4) is 0 Å². The molecule has 0 aromatic rings. The van der Waals surface area contributed by atoms with E-state index >= 15 is 0 Å². The summed E-state index contributed by atoms with van der Waals surface area (Å²) in [6.45, 7) is 0. The van der Waals surface area contributed by atoms with Crippen LogP contribution in [0.3, 0.4) is 0 Å². The van der Waals surface area contributed by atoms with E-state index in [0.717, 1.165) is 12.2 Å². The molecule has 0 amide bonds. The van der Waals surface area contributed by atoms with Crippen molar-refractivity contribution >= 4 is 30.6 Å². The van der Waals surface area contributed by atoms with Gasteiger partial charge in [0.1, 0.15) is 0 Å². The first-order valence-corrected chi connectivity index (χ1v) is 4.14. The summed E-state index contributed by atoms with van der Waals surface area (Å²) in [5.74, 6) is 0. The van der Waals surface area contributed by atoms with E-state index in [-0.39, 0.29) is 0 Å². The average Bonchev–Trinajstić information content (AvgIpc) is 1.79. The summed E-state index contributed by atoms with van der Waals surface area (Å²) in [6.07, 6.45) is 1.86. The second-order valence-electron chi connectivity index (χ2n) is 1.04. The Hall–Kier alpha value is -1.06. The normalized spacial score (nSPS) is 6.80. The highest BCUT2D eigenvalue weighted by Gasteiger charge is 1.58. The maximum absolute atomic E-state index is 9.70. The van der Waals surface area contributed by atoms with Crippen LogP contribution in [0, 0.1) is 0 Å². The van der Waals surface area contributed by atoms with Gasteiger partial charge in [-0.25, -0.2) is 0 Å². The summed E-state index contributed by atoms with van der Waals surface area (Å²) in [4.78, 5) is 0. The van der Waals surface area contributed by atoms with E-state index in [0.29, 0.717) is 0 Å². The maximum atomic E-state index is 9.70. The SMILES string of the molecule is O=S(=O)=C=CC=C=S(=O)=O. The van der Waals surface area contributed by atoms with Crippen molar-refractivity contribution in [3.05, 3.63) is 12.2 Å². The van der Waals surface area contributed by atoms with Crippen molar-refractivity contribution in [2.75, 3.05) is 0 Å². The third-order valence-electron chi connectivity index (χ3n) is 0.412. The fraction of sp³-hybridized carbons (Fsp3) is 0. The molecule has 0 fully saturated rings. The minimum atomic E-state index is -2.41. The van der Waals surface area contributed by atoms with Gasteiger partial charge in [0.15, 0.2) is 0 Å². The first-order chi connectivity index (χ1) is 4.63. The van der Waals surface area contributed by atoms with Crippen LogP contribution < -0.4 is 0 Å². The zero-order valence-electron chi connectivity index (χ0n) is 4.60. The summed E-state index contributed by atoms with van der Waals surface area (Å²) >= 11 is 0. The summed E-state index contributed by atoms with van der Waals surface area (Å²) < 4.78 is 38.8. The first kappa shape index (κ1) is 8.94. The summed E-state index contributed by atoms with van der Waals surface area (Å²) in [5, 5.41) is 3.60. The molecule has 0 unspecified atom stereocenters. The van der Waals surface area contributed by atoms with Gasteiger partial charge in [0, 0.05) is 22.2 Å². The van der Waals surface area contributed by atoms with Gasteiger partial charge in [0.25, 0.3) is 20.6 Å². The molecule has 0 bridgehead atoms. The molecule has 0 spiro atoms. The Balaban J connectivity index is 4.92. The fourth-order valence-electron chi connectivity index (χ4n) is 0.179. The molecule has 4 nitrogen and oxygen atoms in total. The van der Waals surface area contributed by atoms with Crippen molar-refractivity contribution in [1.29, 1.82) is 0 Å². The molecule has 0 rings (SSSR count). The highest BCUT2D eigenvalue weighted by Crippen LogP contribution is 1.54. The Labute approximate surface area is 60.2 Å². The van der Waals surface area contributed by atoms with Gasteiger partial charge < -0.3 is 0 Å². The molecule has 0 radical (unpaired) electrons. The van der Waals surface area contributed by atoms with E-state index in [2.05, 4.69) is 0 Å². The van der Waals surface area contributed by atoms with E-state index in [1.165, 1.54) is 0 Å². The van der Waals surface area contributed by atoms with Gasteiger partial charge >= 0.3 is 0 Å². The summed E-state index contributed by atoms with van der Waals surface area (Å²) in [5.41, 5.74) is 0. The largest absolute Gasteiger partial charge is 0.260 e. The molecule has 0 saturated heterocycles.